The largest absolute Gasteiger partial charge is 0.490 e. The number of carboxylic acid groups (broad SMARTS) is 1. The first kappa shape index (κ1) is 14.4. The maximum Gasteiger partial charge on any atom is 0.309 e. The minimum absolute atomic E-state index is 0.145. The first-order valence-electron chi connectivity index (χ1n) is 7.71. The smallest absolute Gasteiger partial charge is 0.309 e. The average Bonchev–Trinajstić information content (AvgIpc) is 3.02. The summed E-state index contributed by atoms with van der Waals surface area (Å²) in [5, 5.41) is 9.68. The number of aliphatic carboxylic acids is 1. The van der Waals surface area contributed by atoms with E-state index >= 15 is 0 Å². The van der Waals surface area contributed by atoms with E-state index in [1.165, 1.54) is 12.1 Å². The van der Waals surface area contributed by atoms with Crippen LogP contribution in [0.5, 0.6) is 5.75 Å². The summed E-state index contributed by atoms with van der Waals surface area (Å²) in [6.07, 6.45) is 4.47. The number of rotatable bonds is 4. The lowest BCUT2D eigenvalue weighted by atomic mass is 9.79. The van der Waals surface area contributed by atoms with Crippen LogP contribution in [0.2, 0.25) is 0 Å². The highest BCUT2D eigenvalue weighted by atomic mass is 19.1. The zero-order valence-electron chi connectivity index (χ0n) is 12.3. The fraction of sp³-hybridized carbons (Fsp3) is 0.588. The lowest BCUT2D eigenvalue weighted by Crippen LogP contribution is -2.34. The van der Waals surface area contributed by atoms with Crippen molar-refractivity contribution in [3.8, 4) is 5.75 Å². The van der Waals surface area contributed by atoms with E-state index in [4.69, 9.17) is 4.74 Å². The molecule has 114 valence electrons. The normalized spacial score (nSPS) is 31.0. The molecular formula is C17H21FO3. The average molecular weight is 292 g/mol. The maximum absolute atomic E-state index is 13.2. The number of ether oxygens (including phenoxy) is 1. The van der Waals surface area contributed by atoms with Gasteiger partial charge in [-0.2, -0.15) is 0 Å². The predicted octanol–water partition coefficient (Wildman–Crippen LogP) is 3.80. The van der Waals surface area contributed by atoms with E-state index in [1.807, 2.05) is 0 Å². The van der Waals surface area contributed by atoms with Crippen LogP contribution in [0.1, 0.15) is 44.6 Å². The van der Waals surface area contributed by atoms with Gasteiger partial charge in [-0.05, 0) is 43.4 Å². The Balaban J connectivity index is 1.73. The number of carbonyl (C=O) groups is 1. The topological polar surface area (TPSA) is 46.5 Å². The Hall–Kier alpha value is -1.58. The first-order valence-corrected chi connectivity index (χ1v) is 7.71. The molecule has 1 aliphatic heterocycles. The van der Waals surface area contributed by atoms with Crippen molar-refractivity contribution in [3.05, 3.63) is 29.6 Å². The number of hydrogen-bond donors (Lipinski definition) is 1. The van der Waals surface area contributed by atoms with Gasteiger partial charge in [-0.25, -0.2) is 4.39 Å². The SMILES string of the molecule is CCC1CCC(CC2Cc3cc(F)ccc3O2)(C(=O)O)C1. The Morgan fingerprint density at radius 1 is 1.52 bits per heavy atom. The minimum Gasteiger partial charge on any atom is -0.490 e. The summed E-state index contributed by atoms with van der Waals surface area (Å²) < 4.78 is 19.1. The third kappa shape index (κ3) is 2.63. The molecule has 3 atom stereocenters. The molecule has 1 aliphatic carbocycles. The third-order valence-electron chi connectivity index (χ3n) is 5.12. The Kier molecular flexibility index (Phi) is 3.64. The van der Waals surface area contributed by atoms with E-state index in [1.54, 1.807) is 6.07 Å². The van der Waals surface area contributed by atoms with E-state index in [9.17, 15) is 14.3 Å². The lowest BCUT2D eigenvalue weighted by Gasteiger charge is -2.27. The van der Waals surface area contributed by atoms with Gasteiger partial charge < -0.3 is 9.84 Å². The second-order valence-corrected chi connectivity index (χ2v) is 6.50. The van der Waals surface area contributed by atoms with Crippen LogP contribution in [0.3, 0.4) is 0 Å². The Bertz CT molecular complexity index is 557. The maximum atomic E-state index is 13.2. The van der Waals surface area contributed by atoms with Crippen molar-refractivity contribution in [2.45, 2.75) is 51.6 Å². The fourth-order valence-electron chi connectivity index (χ4n) is 3.89. The molecule has 0 radical (unpaired) electrons. The standard InChI is InChI=1S/C17H21FO3/c1-2-11-5-6-17(9-11,16(19)20)10-14-8-12-7-13(18)3-4-15(12)21-14/h3-4,7,11,14H,2,5-6,8-10H2,1H3,(H,19,20). The van der Waals surface area contributed by atoms with Crippen molar-refractivity contribution in [2.24, 2.45) is 11.3 Å². The van der Waals surface area contributed by atoms with Gasteiger partial charge in [0, 0.05) is 18.4 Å². The van der Waals surface area contributed by atoms with E-state index in [0.717, 1.165) is 31.2 Å². The van der Waals surface area contributed by atoms with Gasteiger partial charge in [0.15, 0.2) is 0 Å². The number of fused-ring (bicyclic) bond motifs is 1. The monoisotopic (exact) mass is 292 g/mol. The van der Waals surface area contributed by atoms with Gasteiger partial charge in [-0.1, -0.05) is 13.3 Å². The van der Waals surface area contributed by atoms with Crippen LogP contribution in [0.25, 0.3) is 0 Å². The summed E-state index contributed by atoms with van der Waals surface area (Å²) in [6, 6.07) is 4.52. The molecule has 2 aliphatic rings. The molecule has 4 heteroatoms. The van der Waals surface area contributed by atoms with Crippen molar-refractivity contribution in [2.75, 3.05) is 0 Å². The van der Waals surface area contributed by atoms with Crippen LogP contribution >= 0.6 is 0 Å². The van der Waals surface area contributed by atoms with E-state index < -0.39 is 11.4 Å². The second kappa shape index (κ2) is 5.32. The molecule has 3 rings (SSSR count). The quantitative estimate of drug-likeness (QED) is 0.918. The van der Waals surface area contributed by atoms with Crippen molar-refractivity contribution in [1.82, 2.24) is 0 Å². The summed E-state index contributed by atoms with van der Waals surface area (Å²) in [5.41, 5.74) is 0.192. The molecule has 3 unspecified atom stereocenters. The molecule has 21 heavy (non-hydrogen) atoms. The van der Waals surface area contributed by atoms with Crippen LogP contribution < -0.4 is 4.74 Å². The van der Waals surface area contributed by atoms with Crippen molar-refractivity contribution < 1.29 is 19.0 Å². The Labute approximate surface area is 124 Å². The van der Waals surface area contributed by atoms with Crippen molar-refractivity contribution >= 4 is 5.97 Å². The minimum atomic E-state index is -0.704. The van der Waals surface area contributed by atoms with Gasteiger partial charge >= 0.3 is 5.97 Å². The van der Waals surface area contributed by atoms with Crippen molar-refractivity contribution in [3.63, 3.8) is 0 Å². The Morgan fingerprint density at radius 3 is 3.00 bits per heavy atom. The molecule has 1 aromatic rings. The molecule has 1 saturated carbocycles. The summed E-state index contributed by atoms with van der Waals surface area (Å²) in [5.74, 6) is 0.233. The predicted molar refractivity (Wildman–Crippen MR) is 76.8 cm³/mol. The fourth-order valence-corrected chi connectivity index (χ4v) is 3.89. The van der Waals surface area contributed by atoms with E-state index in [2.05, 4.69) is 6.92 Å². The lowest BCUT2D eigenvalue weighted by molar-refractivity contribution is -0.150. The highest BCUT2D eigenvalue weighted by Crippen LogP contribution is 2.48. The van der Waals surface area contributed by atoms with Gasteiger partial charge in [-0.3, -0.25) is 4.79 Å². The van der Waals surface area contributed by atoms with Crippen LogP contribution in [0, 0.1) is 17.2 Å². The zero-order chi connectivity index (χ0) is 15.0. The van der Waals surface area contributed by atoms with Gasteiger partial charge in [0.1, 0.15) is 17.7 Å². The third-order valence-corrected chi connectivity index (χ3v) is 5.12. The molecular weight excluding hydrogens is 271 g/mol. The number of carboxylic acids is 1. The van der Waals surface area contributed by atoms with E-state index in [0.29, 0.717) is 24.5 Å². The summed E-state index contributed by atoms with van der Waals surface area (Å²) >= 11 is 0. The van der Waals surface area contributed by atoms with Gasteiger partial charge in [0.2, 0.25) is 0 Å². The highest BCUT2D eigenvalue weighted by Gasteiger charge is 2.47. The molecule has 0 saturated heterocycles. The summed E-state index contributed by atoms with van der Waals surface area (Å²) in [4.78, 5) is 11.8. The summed E-state index contributed by atoms with van der Waals surface area (Å²) in [6.45, 7) is 2.12. The molecule has 0 aromatic heterocycles. The Morgan fingerprint density at radius 2 is 2.33 bits per heavy atom. The van der Waals surface area contributed by atoms with E-state index in [-0.39, 0.29) is 11.9 Å². The van der Waals surface area contributed by atoms with Crippen LogP contribution in [-0.4, -0.2) is 17.2 Å². The highest BCUT2D eigenvalue weighted by molar-refractivity contribution is 5.75. The number of benzene rings is 1. The van der Waals surface area contributed by atoms with Crippen LogP contribution in [0.4, 0.5) is 4.39 Å². The van der Waals surface area contributed by atoms with Crippen LogP contribution in [-0.2, 0) is 11.2 Å². The van der Waals surface area contributed by atoms with Crippen molar-refractivity contribution in [1.29, 1.82) is 0 Å². The molecule has 3 nitrogen and oxygen atoms in total. The molecule has 1 fully saturated rings. The first-order chi connectivity index (χ1) is 10.0. The second-order valence-electron chi connectivity index (χ2n) is 6.50. The molecule has 0 bridgehead atoms. The molecule has 1 aromatic carbocycles. The molecule has 0 amide bonds. The zero-order valence-corrected chi connectivity index (χ0v) is 12.3. The number of halogens is 1. The van der Waals surface area contributed by atoms with Crippen LogP contribution in [0.15, 0.2) is 18.2 Å². The van der Waals surface area contributed by atoms with Gasteiger partial charge in [0.25, 0.3) is 0 Å². The molecule has 1 N–H and O–H groups in total. The molecule has 0 spiro atoms. The number of hydrogen-bond acceptors (Lipinski definition) is 2. The van der Waals surface area contributed by atoms with Gasteiger partial charge in [-0.15, -0.1) is 0 Å². The molecule has 1 heterocycles. The summed E-state index contributed by atoms with van der Waals surface area (Å²) in [7, 11) is 0. The van der Waals surface area contributed by atoms with Gasteiger partial charge in [0.05, 0.1) is 5.41 Å².